The van der Waals surface area contributed by atoms with Crippen LogP contribution in [-0.2, 0) is 42.3 Å². The van der Waals surface area contributed by atoms with E-state index in [9.17, 15) is 0 Å². The summed E-state index contributed by atoms with van der Waals surface area (Å²) in [6.07, 6.45) is 15.1. The molecule has 27 rings (SSSR count). The second-order valence-electron chi connectivity index (χ2n) is 40.3. The Hall–Kier alpha value is -17.2. The van der Waals surface area contributed by atoms with Crippen molar-refractivity contribution < 1.29 is 28.1 Å². The molecule has 12 nitrogen and oxygen atoms in total. The summed E-state index contributed by atoms with van der Waals surface area (Å²) in [6, 6.07) is 129. The standard InChI is InChI=1S/2C25H23N2.2C23H19N2.C20H21N2.C18H19N2/c1-16-7-5-8-17(2)24(16)19-11-12-20-22(15-19)21-10-6-9-18(3)25(21)27-23(20)13-14-26(27)4;1-16-9-7-10-17(2)23(16)22-15-26(4)27-24-18(3)11-8-14-20(24)19-12-5-6-13-21(19)25(22)27;1-16-9-8-14-19-18-12-6-7-13-20(18)23-21(17-10-4-3-5-11-17)15-24(2)25(23)22(16)19;1-16-7-6-10-20-21-15-18(17-8-4-3-5-9-17)11-12-19(21)22-13-14-24(2)25(22)23(16)20;1-13(2)15-8-9-16-18(12-15)17-7-5-6-14(3)20(17)22-19(16)10-11-21(22)4;1-14-7-4-9-16(13-14)17-10-5-8-15(2)18(17)20-12-6-11-19(20)3/h2*5-15H,1-4H3;2*3-15H,1-2H3;5-13H,1-4H3;4-13H,1-3H3/q6*+1. The van der Waals surface area contributed by atoms with Crippen LogP contribution in [0.2, 0.25) is 0 Å². The first kappa shape index (κ1) is 93.7. The Kier molecular flexibility index (Phi) is 24.5. The second kappa shape index (κ2) is 38.2. The SMILES string of the molecule is Cc1cccc(-c2cccc(C)c2-n2ccc[n+]2C)c1.Cc1cccc(C)c1-c1c[n+](C)n2c3c(C)cccc3c3ccccc3c12.Cc1cccc(C)c1-c1ccc2c(c1)c1cccc(C)c1n1c2cc[n+]1C.Cc1cccc2c3cc(-c4ccccc4)ccc3c3cc[n+](C)n3c12.Cc1cccc2c3cc(C(C)C)ccc3c3cc[n+](C)n3c12.Cc1cccc2c3ccccc3c3c(-c4ccccc4)c[n+](C)n3c12. The van der Waals surface area contributed by atoms with Crippen LogP contribution in [0.5, 0.6) is 0 Å². The lowest BCUT2D eigenvalue weighted by atomic mass is 9.93. The molecule has 0 unspecified atom stereocenters. The van der Waals surface area contributed by atoms with Gasteiger partial charge in [-0.15, -0.1) is 55.3 Å². The maximum absolute atomic E-state index is 2.38. The maximum atomic E-state index is 2.38. The lowest BCUT2D eigenvalue weighted by Gasteiger charge is -2.13. The molecule has 0 saturated heterocycles. The van der Waals surface area contributed by atoms with Crippen molar-refractivity contribution in [3.8, 4) is 61.3 Å². The van der Waals surface area contributed by atoms with Gasteiger partial charge < -0.3 is 0 Å². The smallest absolute Gasteiger partial charge is 0.128 e. The molecule has 0 spiro atoms. The van der Waals surface area contributed by atoms with Crippen molar-refractivity contribution in [3.05, 3.63) is 468 Å². The van der Waals surface area contributed by atoms with Gasteiger partial charge in [0.15, 0.2) is 67.1 Å². The molecule has 0 N–H and O–H groups in total. The van der Waals surface area contributed by atoms with E-state index in [0.717, 1.165) is 0 Å². The van der Waals surface area contributed by atoms with Gasteiger partial charge in [0.25, 0.3) is 0 Å². The van der Waals surface area contributed by atoms with Crippen molar-refractivity contribution in [3.63, 3.8) is 0 Å². The third-order valence-corrected chi connectivity index (χ3v) is 30.2. The molecule has 16 aromatic carbocycles. The van der Waals surface area contributed by atoms with Gasteiger partial charge in [-0.3, -0.25) is 0 Å². The summed E-state index contributed by atoms with van der Waals surface area (Å²) in [6.45, 7) is 28.6. The number of aryl methyl sites for hydroxylation is 17. The Morgan fingerprint density at radius 1 is 0.199 bits per heavy atom. The number of nitrogens with zero attached hydrogens (tertiary/aromatic N) is 12. The van der Waals surface area contributed by atoms with Crippen LogP contribution in [0.15, 0.2) is 401 Å². The van der Waals surface area contributed by atoms with Crippen LogP contribution in [0.4, 0.5) is 0 Å². The van der Waals surface area contributed by atoms with E-state index in [1.807, 2.05) is 0 Å². The zero-order chi connectivity index (χ0) is 101. The van der Waals surface area contributed by atoms with Crippen molar-refractivity contribution in [2.24, 2.45) is 42.3 Å². The van der Waals surface area contributed by atoms with Crippen molar-refractivity contribution in [1.29, 1.82) is 0 Å². The fourth-order valence-corrected chi connectivity index (χ4v) is 23.2. The van der Waals surface area contributed by atoms with E-state index in [0.29, 0.717) is 5.92 Å². The highest BCUT2D eigenvalue weighted by atomic mass is 15.4. The Morgan fingerprint density at radius 2 is 0.541 bits per heavy atom. The summed E-state index contributed by atoms with van der Waals surface area (Å²) in [5, 5.41) is 19.6. The summed E-state index contributed by atoms with van der Waals surface area (Å²) in [5.74, 6) is 0.545. The van der Waals surface area contributed by atoms with E-state index in [1.165, 1.54) is 264 Å². The zero-order valence-corrected chi connectivity index (χ0v) is 87.0. The summed E-state index contributed by atoms with van der Waals surface area (Å²) in [4.78, 5) is 0. The molecule has 146 heavy (non-hydrogen) atoms. The molecule has 0 fully saturated rings. The monoisotopic (exact) mass is 1900 g/mol. The quantitative estimate of drug-likeness (QED) is 0.113. The van der Waals surface area contributed by atoms with E-state index in [2.05, 4.69) is 589 Å². The molecule has 0 aliphatic rings. The van der Waals surface area contributed by atoms with E-state index < -0.39 is 0 Å². The Balaban J connectivity index is 0.0000001000. The number of para-hydroxylation sites is 6. The fourth-order valence-electron chi connectivity index (χ4n) is 23.2. The lowest BCUT2D eigenvalue weighted by molar-refractivity contribution is -0.744. The van der Waals surface area contributed by atoms with Crippen molar-refractivity contribution in [1.82, 2.24) is 27.3 Å². The molecule has 0 saturated carbocycles. The molecule has 714 valence electrons. The Labute approximate surface area is 853 Å². The molecule has 0 aliphatic heterocycles. The molecule has 0 radical (unpaired) electrons. The molecule has 0 bridgehead atoms. The molecule has 0 atom stereocenters. The number of pyridine rings is 5. The maximum Gasteiger partial charge on any atom is 0.204 e. The highest BCUT2D eigenvalue weighted by Gasteiger charge is 2.29. The van der Waals surface area contributed by atoms with Gasteiger partial charge in [0.1, 0.15) is 60.9 Å². The number of rotatable bonds is 7. The van der Waals surface area contributed by atoms with Gasteiger partial charge in [-0.05, 0) is 221 Å². The largest absolute Gasteiger partial charge is 0.204 e. The summed E-state index contributed by atoms with van der Waals surface area (Å²) in [5.41, 5.74) is 42.6. The average Bonchev–Trinajstić information content (AvgIpc) is 1.53. The number of hydrogen-bond acceptors (Lipinski definition) is 0. The zero-order valence-electron chi connectivity index (χ0n) is 87.0. The summed E-state index contributed by atoms with van der Waals surface area (Å²) >= 11 is 0. The molecule has 11 aromatic heterocycles. The minimum atomic E-state index is 0.545. The second-order valence-corrected chi connectivity index (χ2v) is 40.3. The minimum absolute atomic E-state index is 0.545. The third-order valence-electron chi connectivity index (χ3n) is 30.2. The van der Waals surface area contributed by atoms with E-state index in [-0.39, 0.29) is 0 Å². The predicted octanol–water partition coefficient (Wildman–Crippen LogP) is 29.5. The van der Waals surface area contributed by atoms with E-state index >= 15 is 0 Å². The van der Waals surface area contributed by atoms with Gasteiger partial charge in [0.2, 0.25) is 12.4 Å². The highest BCUT2D eigenvalue weighted by Crippen LogP contribution is 2.44. The van der Waals surface area contributed by atoms with Gasteiger partial charge in [-0.2, -0.15) is 0 Å². The van der Waals surface area contributed by atoms with Crippen molar-refractivity contribution in [2.45, 2.75) is 95.9 Å². The first-order valence-corrected chi connectivity index (χ1v) is 50.9. The summed E-state index contributed by atoms with van der Waals surface area (Å²) < 4.78 is 26.9. The molecule has 0 amide bonds. The van der Waals surface area contributed by atoms with Gasteiger partial charge in [-0.1, -0.05) is 341 Å². The molecule has 11 heterocycles. The van der Waals surface area contributed by atoms with Crippen molar-refractivity contribution >= 4 is 136 Å². The van der Waals surface area contributed by atoms with E-state index in [4.69, 9.17) is 0 Å². The topological polar surface area (TPSA) is 50.3 Å². The van der Waals surface area contributed by atoms with Crippen LogP contribution in [0, 0.1) is 76.2 Å². The normalized spacial score (nSPS) is 11.6. The highest BCUT2D eigenvalue weighted by molar-refractivity contribution is 6.20. The van der Waals surface area contributed by atoms with Crippen LogP contribution in [-0.4, -0.2) is 27.3 Å². The van der Waals surface area contributed by atoms with Gasteiger partial charge >= 0.3 is 0 Å². The van der Waals surface area contributed by atoms with Gasteiger partial charge in [-0.25, -0.2) is 0 Å². The minimum Gasteiger partial charge on any atom is -0.128 e. The fraction of sp³-hybridized carbons (Fsp3) is 0.149. The average molecular weight is 1900 g/mol. The number of benzene rings is 16. The predicted molar refractivity (Wildman–Crippen MR) is 608 cm³/mol. The molecular formula is C134H124N12+6. The van der Waals surface area contributed by atoms with Crippen LogP contribution < -0.4 is 28.1 Å². The molecule has 27 aromatic rings. The van der Waals surface area contributed by atoms with E-state index in [1.54, 1.807) is 0 Å². The molecule has 0 aliphatic carbocycles. The van der Waals surface area contributed by atoms with Crippen LogP contribution in [0.25, 0.3) is 197 Å². The third kappa shape index (κ3) is 16.3. The van der Waals surface area contributed by atoms with Gasteiger partial charge in [0, 0.05) is 83.7 Å². The van der Waals surface area contributed by atoms with Gasteiger partial charge in [0.05, 0.1) is 17.3 Å². The van der Waals surface area contributed by atoms with Crippen LogP contribution in [0.3, 0.4) is 0 Å². The number of fused-ring (bicyclic) bond motifs is 30. The first-order chi connectivity index (χ1) is 70.9. The first-order valence-electron chi connectivity index (χ1n) is 50.9. The molecular weight excluding hydrogens is 1780 g/mol. The molecule has 12 heteroatoms. The summed E-state index contributed by atoms with van der Waals surface area (Å²) in [7, 11) is 12.6. The van der Waals surface area contributed by atoms with Crippen molar-refractivity contribution in [2.75, 3.05) is 0 Å². The number of aromatic nitrogens is 12. The van der Waals surface area contributed by atoms with Crippen LogP contribution in [0.1, 0.15) is 86.5 Å². The Morgan fingerprint density at radius 3 is 0.993 bits per heavy atom. The lowest BCUT2D eigenvalue weighted by Crippen LogP contribution is -2.37. The van der Waals surface area contributed by atoms with Crippen LogP contribution >= 0.6 is 0 Å². The number of hydrogen-bond donors (Lipinski definition) is 0. The Bertz CT molecular complexity index is 9840.